The molecule has 1 saturated heterocycles. The molecule has 0 spiro atoms. The molecule has 0 aliphatic carbocycles. The minimum atomic E-state index is 0.000664. The lowest BCUT2D eigenvalue weighted by atomic mass is 10.0. The summed E-state index contributed by atoms with van der Waals surface area (Å²) in [6.07, 6.45) is 3.63. The van der Waals surface area contributed by atoms with Crippen molar-refractivity contribution < 1.29 is 14.3 Å². The maximum absolute atomic E-state index is 12.8. The summed E-state index contributed by atoms with van der Waals surface area (Å²) in [5, 5.41) is 0. The number of nitrogens with zero attached hydrogens (tertiary/aromatic N) is 3. The van der Waals surface area contributed by atoms with E-state index >= 15 is 0 Å². The fraction of sp³-hybridized carbons (Fsp3) is 0.400. The van der Waals surface area contributed by atoms with Gasteiger partial charge in [0.15, 0.2) is 0 Å². The van der Waals surface area contributed by atoms with E-state index in [4.69, 9.17) is 9.47 Å². The molecule has 2 aromatic rings. The summed E-state index contributed by atoms with van der Waals surface area (Å²) in [5.74, 6) is 1.22. The van der Waals surface area contributed by atoms with Crippen LogP contribution in [0.5, 0.6) is 11.5 Å². The van der Waals surface area contributed by atoms with Gasteiger partial charge in [-0.2, -0.15) is 0 Å². The molecule has 1 aliphatic rings. The minimum absolute atomic E-state index is 0.000664. The number of ether oxygens (including phenoxy) is 2. The molecule has 0 N–H and O–H groups in total. The lowest BCUT2D eigenvalue weighted by molar-refractivity contribution is 0.0251. The Bertz CT molecular complexity index is 745. The Hall–Kier alpha value is -2.60. The van der Waals surface area contributed by atoms with E-state index in [2.05, 4.69) is 16.8 Å². The molecule has 3 rings (SSSR count). The van der Waals surface area contributed by atoms with Crippen molar-refractivity contribution in [2.75, 3.05) is 33.9 Å². The second-order valence-electron chi connectivity index (χ2n) is 6.35. The highest BCUT2D eigenvalue weighted by Gasteiger charge is 2.35. The van der Waals surface area contributed by atoms with Crippen LogP contribution in [0.2, 0.25) is 0 Å². The summed E-state index contributed by atoms with van der Waals surface area (Å²) in [7, 11) is 3.16. The van der Waals surface area contributed by atoms with Gasteiger partial charge in [0.05, 0.1) is 19.8 Å². The van der Waals surface area contributed by atoms with Gasteiger partial charge in [0.25, 0.3) is 5.91 Å². The molecule has 1 aromatic heterocycles. The third-order valence-corrected chi connectivity index (χ3v) is 4.85. The van der Waals surface area contributed by atoms with Crippen molar-refractivity contribution in [1.82, 2.24) is 14.8 Å². The van der Waals surface area contributed by atoms with Gasteiger partial charge >= 0.3 is 0 Å². The van der Waals surface area contributed by atoms with Crippen LogP contribution in [0.25, 0.3) is 0 Å². The third kappa shape index (κ3) is 3.80. The lowest BCUT2D eigenvalue weighted by Crippen LogP contribution is -2.60. The van der Waals surface area contributed by atoms with E-state index in [1.807, 2.05) is 29.4 Å². The highest BCUT2D eigenvalue weighted by atomic mass is 16.5. The van der Waals surface area contributed by atoms with Gasteiger partial charge in [0.2, 0.25) is 0 Å². The average molecular weight is 355 g/mol. The molecular formula is C20H25N3O3. The number of rotatable bonds is 7. The molecule has 1 amide bonds. The summed E-state index contributed by atoms with van der Waals surface area (Å²) in [5.41, 5.74) is 1.81. The second-order valence-corrected chi connectivity index (χ2v) is 6.35. The molecule has 2 heterocycles. The number of hydrogen-bond donors (Lipinski definition) is 0. The SMILES string of the molecule is CCN(Cc1ccncc1)C1CN(C(=O)c2ccc(OC)cc2OC)C1. The van der Waals surface area contributed by atoms with Gasteiger partial charge in [-0.25, -0.2) is 0 Å². The Labute approximate surface area is 154 Å². The van der Waals surface area contributed by atoms with Gasteiger partial charge < -0.3 is 14.4 Å². The Morgan fingerprint density at radius 2 is 1.92 bits per heavy atom. The van der Waals surface area contributed by atoms with E-state index in [9.17, 15) is 4.79 Å². The van der Waals surface area contributed by atoms with Crippen molar-refractivity contribution in [3.63, 3.8) is 0 Å². The first-order valence-corrected chi connectivity index (χ1v) is 8.80. The zero-order valence-electron chi connectivity index (χ0n) is 15.5. The zero-order chi connectivity index (χ0) is 18.5. The van der Waals surface area contributed by atoms with Crippen LogP contribution < -0.4 is 9.47 Å². The molecule has 1 aromatic carbocycles. The van der Waals surface area contributed by atoms with E-state index in [0.717, 1.165) is 26.2 Å². The van der Waals surface area contributed by atoms with Crippen LogP contribution in [0.3, 0.4) is 0 Å². The second kappa shape index (κ2) is 8.19. The number of likely N-dealkylation sites (tertiary alicyclic amines) is 1. The van der Waals surface area contributed by atoms with Crippen LogP contribution in [0.1, 0.15) is 22.8 Å². The fourth-order valence-corrected chi connectivity index (χ4v) is 3.22. The van der Waals surface area contributed by atoms with Crippen molar-refractivity contribution in [1.29, 1.82) is 0 Å². The number of pyridine rings is 1. The Morgan fingerprint density at radius 3 is 2.54 bits per heavy atom. The van der Waals surface area contributed by atoms with E-state index in [-0.39, 0.29) is 5.91 Å². The quantitative estimate of drug-likeness (QED) is 0.764. The summed E-state index contributed by atoms with van der Waals surface area (Å²) in [4.78, 5) is 21.1. The maximum Gasteiger partial charge on any atom is 0.257 e. The van der Waals surface area contributed by atoms with Gasteiger partial charge in [-0.15, -0.1) is 0 Å². The first-order valence-electron chi connectivity index (χ1n) is 8.80. The molecule has 0 radical (unpaired) electrons. The lowest BCUT2D eigenvalue weighted by Gasteiger charge is -2.45. The predicted octanol–water partition coefficient (Wildman–Crippen LogP) is 2.45. The summed E-state index contributed by atoms with van der Waals surface area (Å²) in [6, 6.07) is 9.74. The molecule has 0 unspecified atom stereocenters. The average Bonchev–Trinajstić information content (AvgIpc) is 2.66. The Kier molecular flexibility index (Phi) is 5.73. The number of carbonyl (C=O) groups is 1. The van der Waals surface area contributed by atoms with Crippen LogP contribution in [0, 0.1) is 0 Å². The molecule has 0 saturated carbocycles. The highest BCUT2D eigenvalue weighted by Crippen LogP contribution is 2.28. The Balaban J connectivity index is 1.62. The topological polar surface area (TPSA) is 54.9 Å². The van der Waals surface area contributed by atoms with Crippen molar-refractivity contribution >= 4 is 5.91 Å². The summed E-state index contributed by atoms with van der Waals surface area (Å²) < 4.78 is 10.6. The third-order valence-electron chi connectivity index (χ3n) is 4.85. The first-order chi connectivity index (χ1) is 12.7. The number of benzene rings is 1. The standard InChI is InChI=1S/C20H25N3O3/c1-4-22(12-15-7-9-21-10-8-15)16-13-23(14-16)20(24)18-6-5-17(25-2)11-19(18)26-3/h5-11,16H,4,12-14H2,1-3H3. The Morgan fingerprint density at radius 1 is 1.19 bits per heavy atom. The number of likely N-dealkylation sites (N-methyl/N-ethyl adjacent to an activating group) is 1. The van der Waals surface area contributed by atoms with Crippen LogP contribution in [-0.4, -0.2) is 60.6 Å². The van der Waals surface area contributed by atoms with E-state index in [0.29, 0.717) is 23.1 Å². The highest BCUT2D eigenvalue weighted by molar-refractivity contribution is 5.97. The van der Waals surface area contributed by atoms with Crippen LogP contribution in [0.4, 0.5) is 0 Å². The molecule has 6 heteroatoms. The number of methoxy groups -OCH3 is 2. The van der Waals surface area contributed by atoms with E-state index in [1.54, 1.807) is 32.4 Å². The smallest absolute Gasteiger partial charge is 0.257 e. The molecule has 0 atom stereocenters. The van der Waals surface area contributed by atoms with Crippen molar-refractivity contribution in [3.8, 4) is 11.5 Å². The van der Waals surface area contributed by atoms with Crippen molar-refractivity contribution in [3.05, 3.63) is 53.9 Å². The van der Waals surface area contributed by atoms with Gasteiger partial charge in [-0.05, 0) is 36.4 Å². The van der Waals surface area contributed by atoms with E-state index < -0.39 is 0 Å². The zero-order valence-corrected chi connectivity index (χ0v) is 15.5. The van der Waals surface area contributed by atoms with Crippen LogP contribution in [0.15, 0.2) is 42.7 Å². The predicted molar refractivity (Wildman–Crippen MR) is 99.6 cm³/mol. The fourth-order valence-electron chi connectivity index (χ4n) is 3.22. The van der Waals surface area contributed by atoms with Gasteiger partial charge in [0, 0.05) is 44.1 Å². The molecule has 138 valence electrons. The summed E-state index contributed by atoms with van der Waals surface area (Å²) in [6.45, 7) is 5.43. The van der Waals surface area contributed by atoms with Crippen molar-refractivity contribution in [2.24, 2.45) is 0 Å². The van der Waals surface area contributed by atoms with Gasteiger partial charge in [-0.1, -0.05) is 6.92 Å². The molecule has 1 aliphatic heterocycles. The van der Waals surface area contributed by atoms with Gasteiger partial charge in [0.1, 0.15) is 11.5 Å². The van der Waals surface area contributed by atoms with Crippen molar-refractivity contribution in [2.45, 2.75) is 19.5 Å². The minimum Gasteiger partial charge on any atom is -0.497 e. The van der Waals surface area contributed by atoms with E-state index in [1.165, 1.54) is 5.56 Å². The largest absolute Gasteiger partial charge is 0.497 e. The molecule has 6 nitrogen and oxygen atoms in total. The molecule has 0 bridgehead atoms. The van der Waals surface area contributed by atoms with Gasteiger partial charge in [-0.3, -0.25) is 14.7 Å². The number of amides is 1. The van der Waals surface area contributed by atoms with Crippen LogP contribution in [-0.2, 0) is 6.54 Å². The normalized spacial score (nSPS) is 14.2. The summed E-state index contributed by atoms with van der Waals surface area (Å²) >= 11 is 0. The number of aromatic nitrogens is 1. The molecular weight excluding hydrogens is 330 g/mol. The number of hydrogen-bond acceptors (Lipinski definition) is 5. The first kappa shape index (κ1) is 18.2. The monoisotopic (exact) mass is 355 g/mol. The van der Waals surface area contributed by atoms with Crippen LogP contribution >= 0.6 is 0 Å². The number of carbonyl (C=O) groups excluding carboxylic acids is 1. The maximum atomic E-state index is 12.8. The molecule has 1 fully saturated rings. The molecule has 26 heavy (non-hydrogen) atoms.